The molecule has 0 amide bonds. The highest BCUT2D eigenvalue weighted by molar-refractivity contribution is 7.07. The number of allylic oxidation sites excluding steroid dienone is 1. The van der Waals surface area contributed by atoms with Gasteiger partial charge in [-0.05, 0) is 79.6 Å². The van der Waals surface area contributed by atoms with Crippen molar-refractivity contribution in [3.05, 3.63) is 126 Å². The monoisotopic (exact) mass is 572 g/mol. The Labute approximate surface area is 238 Å². The van der Waals surface area contributed by atoms with Gasteiger partial charge >= 0.3 is 11.9 Å². The van der Waals surface area contributed by atoms with E-state index in [-0.39, 0.29) is 17.7 Å². The number of hydrogen-bond acceptors (Lipinski definition) is 8. The van der Waals surface area contributed by atoms with Crippen LogP contribution in [-0.2, 0) is 9.53 Å². The first kappa shape index (κ1) is 27.7. The van der Waals surface area contributed by atoms with E-state index in [0.29, 0.717) is 43.2 Å². The predicted octanol–water partition coefficient (Wildman–Crippen LogP) is 4.17. The summed E-state index contributed by atoms with van der Waals surface area (Å²) in [5.74, 6) is -0.556. The van der Waals surface area contributed by atoms with Gasteiger partial charge in [0.2, 0.25) is 0 Å². The van der Waals surface area contributed by atoms with Crippen LogP contribution in [0.2, 0.25) is 0 Å². The highest BCUT2D eigenvalue weighted by Crippen LogP contribution is 2.30. The maximum absolute atomic E-state index is 13.7. The molecule has 0 saturated carbocycles. The highest BCUT2D eigenvalue weighted by Gasteiger charge is 2.33. The molecule has 4 aromatic rings. The molecule has 8 nitrogen and oxygen atoms in total. The van der Waals surface area contributed by atoms with Crippen molar-refractivity contribution < 1.29 is 28.2 Å². The molecular weight excluding hydrogens is 547 g/mol. The number of halogens is 1. The topological polar surface area (TPSA) is 96.2 Å². The molecule has 10 heteroatoms. The minimum absolute atomic E-state index is 0.154. The Morgan fingerprint density at radius 1 is 0.976 bits per heavy atom. The number of nitrogens with zero attached hydrogens (tertiary/aromatic N) is 2. The molecule has 0 saturated heterocycles. The van der Waals surface area contributed by atoms with Gasteiger partial charge in [0.25, 0.3) is 5.56 Å². The first-order chi connectivity index (χ1) is 19.8. The second-order valence-electron chi connectivity index (χ2n) is 9.04. The van der Waals surface area contributed by atoms with E-state index < -0.39 is 23.8 Å². The van der Waals surface area contributed by atoms with E-state index in [2.05, 4.69) is 4.99 Å². The summed E-state index contributed by atoms with van der Waals surface area (Å²) in [6.45, 7) is 3.54. The molecule has 41 heavy (non-hydrogen) atoms. The fourth-order valence-corrected chi connectivity index (χ4v) is 5.48. The lowest BCUT2D eigenvalue weighted by atomic mass is 9.96. The number of carbonyl (C=O) groups excluding carboxylic acids is 2. The molecule has 1 atom stereocenters. The van der Waals surface area contributed by atoms with Gasteiger partial charge in [-0.25, -0.2) is 19.0 Å². The molecule has 1 aliphatic heterocycles. The van der Waals surface area contributed by atoms with Crippen LogP contribution in [0.1, 0.15) is 41.4 Å². The van der Waals surface area contributed by atoms with Gasteiger partial charge in [0.05, 0.1) is 41.1 Å². The van der Waals surface area contributed by atoms with Crippen LogP contribution in [0.25, 0.3) is 6.08 Å². The van der Waals surface area contributed by atoms with Crippen molar-refractivity contribution in [1.29, 1.82) is 0 Å². The quantitative estimate of drug-likeness (QED) is 0.244. The molecule has 0 bridgehead atoms. The Balaban J connectivity index is 1.47. The highest BCUT2D eigenvalue weighted by atomic mass is 32.1. The van der Waals surface area contributed by atoms with E-state index in [1.165, 1.54) is 28.0 Å². The van der Waals surface area contributed by atoms with E-state index in [1.807, 2.05) is 0 Å². The average Bonchev–Trinajstić information content (AvgIpc) is 3.27. The largest absolute Gasteiger partial charge is 0.497 e. The Hall–Kier alpha value is -4.83. The van der Waals surface area contributed by atoms with Gasteiger partial charge in [-0.1, -0.05) is 35.6 Å². The van der Waals surface area contributed by atoms with E-state index >= 15 is 0 Å². The van der Waals surface area contributed by atoms with Gasteiger partial charge < -0.3 is 14.2 Å². The van der Waals surface area contributed by atoms with Crippen LogP contribution in [0.4, 0.5) is 4.39 Å². The summed E-state index contributed by atoms with van der Waals surface area (Å²) in [6.07, 6.45) is 1.70. The van der Waals surface area contributed by atoms with Gasteiger partial charge in [0, 0.05) is 0 Å². The number of esters is 2. The Morgan fingerprint density at radius 2 is 1.63 bits per heavy atom. The van der Waals surface area contributed by atoms with Gasteiger partial charge in [-0.3, -0.25) is 9.36 Å². The number of thiazole rings is 1. The summed E-state index contributed by atoms with van der Waals surface area (Å²) in [4.78, 5) is 44.0. The van der Waals surface area contributed by atoms with Crippen LogP contribution in [0.5, 0.6) is 11.5 Å². The molecule has 208 valence electrons. The number of fused-ring (bicyclic) bond motifs is 1. The van der Waals surface area contributed by atoms with Gasteiger partial charge in [-0.15, -0.1) is 0 Å². The molecular formula is C31H25FN2O6S. The van der Waals surface area contributed by atoms with Crippen molar-refractivity contribution in [3.8, 4) is 11.5 Å². The van der Waals surface area contributed by atoms with Crippen LogP contribution in [-0.4, -0.2) is 30.2 Å². The Kier molecular flexibility index (Phi) is 7.93. The molecule has 0 aliphatic carbocycles. The standard InChI is InChI=1S/C31H25FN2O6S/c1-4-39-30(37)26-18(2)33-31-34(27(26)20-7-11-22(32)12-8-20)28(35)25(41-31)17-19-5-13-24(14-6-19)40-29(36)21-9-15-23(38-3)16-10-21/h5-17,27H,4H2,1-3H3/b25-17-/t27-/m1/s1. The summed E-state index contributed by atoms with van der Waals surface area (Å²) < 4.78 is 31.4. The first-order valence-corrected chi connectivity index (χ1v) is 13.5. The molecule has 3 aromatic carbocycles. The lowest BCUT2D eigenvalue weighted by molar-refractivity contribution is -0.139. The summed E-state index contributed by atoms with van der Waals surface area (Å²) in [5, 5.41) is 0. The zero-order valence-corrected chi connectivity index (χ0v) is 23.2. The van der Waals surface area contributed by atoms with Gasteiger partial charge in [-0.2, -0.15) is 0 Å². The second kappa shape index (κ2) is 11.7. The van der Waals surface area contributed by atoms with Crippen molar-refractivity contribution in [2.75, 3.05) is 13.7 Å². The SMILES string of the molecule is CCOC(=O)C1=C(C)N=c2s/c(=C\c3ccc(OC(=O)c4ccc(OC)cc4)cc3)c(=O)n2[C@@H]1c1ccc(F)cc1. The Bertz CT molecular complexity index is 1820. The third-order valence-electron chi connectivity index (χ3n) is 6.42. The molecule has 5 rings (SSSR count). The lowest BCUT2D eigenvalue weighted by Gasteiger charge is -2.24. The number of carbonyl (C=O) groups is 2. The smallest absolute Gasteiger partial charge is 0.343 e. The summed E-state index contributed by atoms with van der Waals surface area (Å²) in [5.41, 5.74) is 1.92. The van der Waals surface area contributed by atoms with Crippen LogP contribution >= 0.6 is 11.3 Å². The average molecular weight is 573 g/mol. The van der Waals surface area contributed by atoms with Crippen molar-refractivity contribution in [1.82, 2.24) is 4.57 Å². The molecule has 1 aliphatic rings. The third kappa shape index (κ3) is 5.73. The number of rotatable bonds is 7. The number of aromatic nitrogens is 1. The van der Waals surface area contributed by atoms with Crippen LogP contribution in [0.3, 0.4) is 0 Å². The van der Waals surface area contributed by atoms with E-state index in [4.69, 9.17) is 14.2 Å². The lowest BCUT2D eigenvalue weighted by Crippen LogP contribution is -2.39. The molecule has 2 heterocycles. The fourth-order valence-electron chi connectivity index (χ4n) is 4.43. The fraction of sp³-hybridized carbons (Fsp3) is 0.161. The van der Waals surface area contributed by atoms with Crippen LogP contribution in [0.15, 0.2) is 93.9 Å². The summed E-state index contributed by atoms with van der Waals surface area (Å²) >= 11 is 1.18. The number of benzene rings is 3. The van der Waals surface area contributed by atoms with E-state index in [1.54, 1.807) is 87.7 Å². The molecule has 0 unspecified atom stereocenters. The molecule has 1 aromatic heterocycles. The second-order valence-corrected chi connectivity index (χ2v) is 10.0. The van der Waals surface area contributed by atoms with Crippen molar-refractivity contribution in [2.24, 2.45) is 4.99 Å². The van der Waals surface area contributed by atoms with Gasteiger partial charge in [0.1, 0.15) is 17.3 Å². The van der Waals surface area contributed by atoms with Gasteiger partial charge in [0.15, 0.2) is 4.80 Å². The molecule has 0 spiro atoms. The minimum Gasteiger partial charge on any atom is -0.497 e. The van der Waals surface area contributed by atoms with Crippen molar-refractivity contribution in [2.45, 2.75) is 19.9 Å². The molecule has 0 radical (unpaired) electrons. The Morgan fingerprint density at radius 3 is 2.27 bits per heavy atom. The van der Waals surface area contributed by atoms with E-state index in [9.17, 15) is 18.8 Å². The first-order valence-electron chi connectivity index (χ1n) is 12.7. The number of ether oxygens (including phenoxy) is 3. The molecule has 0 N–H and O–H groups in total. The maximum atomic E-state index is 13.7. The number of hydrogen-bond donors (Lipinski definition) is 0. The van der Waals surface area contributed by atoms with Crippen molar-refractivity contribution in [3.63, 3.8) is 0 Å². The zero-order chi connectivity index (χ0) is 29.1. The minimum atomic E-state index is -0.826. The van der Waals surface area contributed by atoms with Crippen molar-refractivity contribution >= 4 is 29.4 Å². The summed E-state index contributed by atoms with van der Waals surface area (Å²) in [7, 11) is 1.54. The molecule has 0 fully saturated rings. The third-order valence-corrected chi connectivity index (χ3v) is 7.40. The normalized spacial score (nSPS) is 14.7. The van der Waals surface area contributed by atoms with Crippen LogP contribution < -0.4 is 24.4 Å². The zero-order valence-electron chi connectivity index (χ0n) is 22.4. The summed E-state index contributed by atoms with van der Waals surface area (Å²) in [6, 6.07) is 18.1. The maximum Gasteiger partial charge on any atom is 0.343 e. The van der Waals surface area contributed by atoms with Crippen LogP contribution in [0, 0.1) is 5.82 Å². The predicted molar refractivity (Wildman–Crippen MR) is 151 cm³/mol. The van der Waals surface area contributed by atoms with E-state index in [0.717, 1.165) is 0 Å². The number of methoxy groups -OCH3 is 1.